The zero-order valence-electron chi connectivity index (χ0n) is 22.1. The predicted molar refractivity (Wildman–Crippen MR) is 150 cm³/mol. The number of carbonyl (C=O) groups excluding carboxylic acids is 1. The van der Waals surface area contributed by atoms with Gasteiger partial charge in [0.1, 0.15) is 11.8 Å². The second kappa shape index (κ2) is 12.8. The molecule has 0 spiro atoms. The van der Waals surface area contributed by atoms with E-state index in [-0.39, 0.29) is 22.1 Å². The number of ether oxygens (including phenoxy) is 1. The molecule has 3 rings (SSSR count). The van der Waals surface area contributed by atoms with Crippen LogP contribution >= 0.6 is 0 Å². The number of carbonyl (C=O) groups is 1. The molecule has 0 radical (unpaired) electrons. The van der Waals surface area contributed by atoms with Gasteiger partial charge in [-0.2, -0.15) is 4.31 Å². The topological polar surface area (TPSA) is 97.8 Å². The fourth-order valence-electron chi connectivity index (χ4n) is 3.53. The molecule has 0 N–H and O–H groups in total. The van der Waals surface area contributed by atoms with Gasteiger partial charge in [0.2, 0.25) is 10.0 Å². The third-order valence-electron chi connectivity index (χ3n) is 5.85. The molecular formula is C30H29NO6S2. The zero-order valence-corrected chi connectivity index (χ0v) is 23.8. The van der Waals surface area contributed by atoms with Crippen LogP contribution in [-0.2, 0) is 29.4 Å². The number of esters is 1. The monoisotopic (exact) mass is 563 g/mol. The first-order valence-corrected chi connectivity index (χ1v) is 15.1. The van der Waals surface area contributed by atoms with Gasteiger partial charge in [-0.05, 0) is 57.2 Å². The Morgan fingerprint density at radius 2 is 1.28 bits per heavy atom. The normalized spacial score (nSPS) is 12.0. The first kappa shape index (κ1) is 29.7. The van der Waals surface area contributed by atoms with Gasteiger partial charge in [-0.1, -0.05) is 71.2 Å². The van der Waals surface area contributed by atoms with Crippen molar-refractivity contribution in [1.82, 2.24) is 4.31 Å². The summed E-state index contributed by atoms with van der Waals surface area (Å²) in [5.74, 6) is 10.2. The molecule has 0 unspecified atom stereocenters. The predicted octanol–water partition coefficient (Wildman–Crippen LogP) is 3.73. The molecule has 0 bridgehead atoms. The molecule has 0 aliphatic heterocycles. The molecule has 7 nitrogen and oxygen atoms in total. The van der Waals surface area contributed by atoms with E-state index in [0.29, 0.717) is 11.1 Å². The lowest BCUT2D eigenvalue weighted by Gasteiger charge is -2.24. The largest absolute Gasteiger partial charge is 0.468 e. The van der Waals surface area contributed by atoms with Gasteiger partial charge in [0, 0.05) is 11.1 Å². The smallest absolute Gasteiger partial charge is 0.323 e. The van der Waals surface area contributed by atoms with Crippen molar-refractivity contribution >= 4 is 25.8 Å². The summed E-state index contributed by atoms with van der Waals surface area (Å²) in [5, 5.41) is 0. The standard InChI is InChI=1S/C30H29NO6S2/c1-23-13-17-28(18-14-23)38(33,34)22-8-12-27-10-6-5-9-26(27)11-7-21-31(25(3)30(32)37-4)39(35,36)29-19-15-24(2)16-20-29/h5-6,9-10,13-20,25H,21-22H2,1-4H3/t25-/m0/s1. The lowest BCUT2D eigenvalue weighted by atomic mass is 10.1. The fraction of sp³-hybridized carbons (Fsp3) is 0.233. The van der Waals surface area contributed by atoms with Crippen molar-refractivity contribution in [1.29, 1.82) is 0 Å². The fourth-order valence-corrected chi connectivity index (χ4v) is 6.00. The average molecular weight is 564 g/mol. The molecule has 9 heteroatoms. The van der Waals surface area contributed by atoms with Crippen molar-refractivity contribution in [2.75, 3.05) is 19.4 Å². The molecule has 1 atom stereocenters. The summed E-state index contributed by atoms with van der Waals surface area (Å²) in [5.41, 5.74) is 2.85. The van der Waals surface area contributed by atoms with Crippen LogP contribution in [0.25, 0.3) is 0 Å². The SMILES string of the molecule is COC(=O)[C@H](C)N(CC#Cc1ccccc1C#CCS(=O)(=O)c1ccc(C)cc1)S(=O)(=O)c1ccc(C)cc1. The number of rotatable bonds is 7. The van der Waals surface area contributed by atoms with Crippen molar-refractivity contribution in [2.24, 2.45) is 0 Å². The molecule has 39 heavy (non-hydrogen) atoms. The van der Waals surface area contributed by atoms with E-state index in [1.54, 1.807) is 60.7 Å². The highest BCUT2D eigenvalue weighted by atomic mass is 32.2. The van der Waals surface area contributed by atoms with E-state index in [9.17, 15) is 21.6 Å². The van der Waals surface area contributed by atoms with Crippen molar-refractivity contribution in [3.63, 3.8) is 0 Å². The Morgan fingerprint density at radius 3 is 1.79 bits per heavy atom. The van der Waals surface area contributed by atoms with Gasteiger partial charge >= 0.3 is 5.97 Å². The maximum absolute atomic E-state index is 13.4. The molecule has 202 valence electrons. The Hall–Kier alpha value is -3.89. The molecule has 3 aromatic carbocycles. The molecule has 0 aliphatic carbocycles. The van der Waals surface area contributed by atoms with E-state index >= 15 is 0 Å². The van der Waals surface area contributed by atoms with Crippen LogP contribution in [0.2, 0.25) is 0 Å². The maximum atomic E-state index is 13.4. The Morgan fingerprint density at radius 1 is 0.795 bits per heavy atom. The Bertz CT molecular complexity index is 1670. The summed E-state index contributed by atoms with van der Waals surface area (Å²) in [6.07, 6.45) is 0. The van der Waals surface area contributed by atoms with Crippen molar-refractivity contribution < 1.29 is 26.4 Å². The van der Waals surface area contributed by atoms with Crippen LogP contribution in [0.4, 0.5) is 0 Å². The lowest BCUT2D eigenvalue weighted by molar-refractivity contribution is -0.144. The second-order valence-corrected chi connectivity index (χ2v) is 12.7. The zero-order chi connectivity index (χ0) is 28.6. The minimum atomic E-state index is -4.06. The number of methoxy groups -OCH3 is 1. The van der Waals surface area contributed by atoms with Gasteiger partial charge < -0.3 is 4.74 Å². The van der Waals surface area contributed by atoms with Crippen LogP contribution in [0, 0.1) is 37.5 Å². The third kappa shape index (κ3) is 7.58. The number of hydrogen-bond donors (Lipinski definition) is 0. The number of benzene rings is 3. The number of aryl methyl sites for hydroxylation is 2. The lowest BCUT2D eigenvalue weighted by Crippen LogP contribution is -2.44. The van der Waals surface area contributed by atoms with Crippen LogP contribution in [0.1, 0.15) is 29.2 Å². The van der Waals surface area contributed by atoms with E-state index in [2.05, 4.69) is 23.7 Å². The highest BCUT2D eigenvalue weighted by Crippen LogP contribution is 2.19. The summed E-state index contributed by atoms with van der Waals surface area (Å²) in [6, 6.07) is 18.7. The summed E-state index contributed by atoms with van der Waals surface area (Å²) < 4.78 is 57.7. The quantitative estimate of drug-likeness (QED) is 0.321. The van der Waals surface area contributed by atoms with Gasteiger partial charge in [0.05, 0.1) is 23.4 Å². The second-order valence-electron chi connectivity index (χ2n) is 8.78. The van der Waals surface area contributed by atoms with Crippen molar-refractivity contribution in [3.8, 4) is 23.7 Å². The maximum Gasteiger partial charge on any atom is 0.323 e. The molecule has 3 aromatic rings. The summed E-state index contributed by atoms with van der Waals surface area (Å²) >= 11 is 0. The molecule has 0 aliphatic rings. The first-order valence-electron chi connectivity index (χ1n) is 12.0. The minimum Gasteiger partial charge on any atom is -0.468 e. The van der Waals surface area contributed by atoms with Crippen LogP contribution < -0.4 is 0 Å². The highest BCUT2D eigenvalue weighted by Gasteiger charge is 2.33. The molecule has 0 fully saturated rings. The summed E-state index contributed by atoms with van der Waals surface area (Å²) in [4.78, 5) is 12.5. The van der Waals surface area contributed by atoms with E-state index in [1.807, 2.05) is 13.8 Å². The number of sulfone groups is 1. The van der Waals surface area contributed by atoms with Crippen LogP contribution in [0.5, 0.6) is 0 Å². The van der Waals surface area contributed by atoms with Gasteiger partial charge in [-0.3, -0.25) is 4.79 Å². The van der Waals surface area contributed by atoms with Gasteiger partial charge in [-0.15, -0.1) is 0 Å². The Balaban J connectivity index is 1.87. The minimum absolute atomic E-state index is 0.0340. The molecule has 0 amide bonds. The summed E-state index contributed by atoms with van der Waals surface area (Å²) in [7, 11) is -6.45. The average Bonchev–Trinajstić information content (AvgIpc) is 2.91. The van der Waals surface area contributed by atoms with Crippen LogP contribution in [-0.4, -0.2) is 52.6 Å². The Labute approximate surface area is 230 Å². The number of hydrogen-bond acceptors (Lipinski definition) is 6. The van der Waals surface area contributed by atoms with E-state index in [1.165, 1.54) is 26.2 Å². The van der Waals surface area contributed by atoms with Crippen molar-refractivity contribution in [2.45, 2.75) is 36.6 Å². The Kier molecular flexibility index (Phi) is 9.71. The van der Waals surface area contributed by atoms with Gasteiger partial charge in [0.15, 0.2) is 9.84 Å². The van der Waals surface area contributed by atoms with Gasteiger partial charge in [-0.25, -0.2) is 16.8 Å². The summed E-state index contributed by atoms with van der Waals surface area (Å²) in [6.45, 7) is 4.87. The van der Waals surface area contributed by atoms with Gasteiger partial charge in [0.25, 0.3) is 0 Å². The molecule has 0 heterocycles. The van der Waals surface area contributed by atoms with Crippen LogP contribution in [0.3, 0.4) is 0 Å². The molecular weight excluding hydrogens is 534 g/mol. The molecule has 0 saturated heterocycles. The third-order valence-corrected chi connectivity index (χ3v) is 9.30. The van der Waals surface area contributed by atoms with E-state index in [0.717, 1.165) is 15.4 Å². The number of nitrogens with zero attached hydrogens (tertiary/aromatic N) is 1. The van der Waals surface area contributed by atoms with Crippen LogP contribution in [0.15, 0.2) is 82.6 Å². The van der Waals surface area contributed by atoms with E-state index in [4.69, 9.17) is 4.74 Å². The van der Waals surface area contributed by atoms with Crippen molar-refractivity contribution in [3.05, 3.63) is 95.1 Å². The molecule has 0 saturated carbocycles. The molecule has 0 aromatic heterocycles. The number of sulfonamides is 1. The van der Waals surface area contributed by atoms with E-state index < -0.39 is 31.9 Å². The highest BCUT2D eigenvalue weighted by molar-refractivity contribution is 7.91. The first-order chi connectivity index (χ1) is 18.5.